The third-order valence-corrected chi connectivity index (χ3v) is 1.74. The van der Waals surface area contributed by atoms with Gasteiger partial charge in [0.15, 0.2) is 0 Å². The normalized spacial score (nSPS) is 15.7. The van der Waals surface area contributed by atoms with Crippen molar-refractivity contribution in [3.63, 3.8) is 0 Å². The smallest absolute Gasteiger partial charge is 0.265 e. The summed E-state index contributed by atoms with van der Waals surface area (Å²) in [6, 6.07) is 9.22. The summed E-state index contributed by atoms with van der Waals surface area (Å²) in [7, 11) is 0. The molecule has 1 aromatic rings. The van der Waals surface area contributed by atoms with E-state index in [1.54, 1.807) is 12.1 Å². The van der Waals surface area contributed by atoms with E-state index in [1.165, 1.54) is 0 Å². The van der Waals surface area contributed by atoms with E-state index in [0.717, 1.165) is 13.1 Å². The molecule has 0 unspecified atom stereocenters. The topological polar surface area (TPSA) is 32.1 Å². The van der Waals surface area contributed by atoms with Gasteiger partial charge >= 0.3 is 0 Å². The van der Waals surface area contributed by atoms with Crippen LogP contribution in [0.3, 0.4) is 0 Å². The third-order valence-electron chi connectivity index (χ3n) is 1.74. The Hall–Kier alpha value is -1.35. The number of nitrogens with one attached hydrogen (secondary N) is 1. The largest absolute Gasteiger partial charge is 0.285 e. The molecule has 1 aliphatic rings. The summed E-state index contributed by atoms with van der Waals surface area (Å²) in [5.41, 5.74) is 3.48. The predicted molar refractivity (Wildman–Crippen MR) is 45.5 cm³/mol. The Balaban J connectivity index is 2.03. The first kappa shape index (κ1) is 7.31. The molecule has 0 aliphatic carbocycles. The lowest BCUT2D eigenvalue weighted by molar-refractivity contribution is 0.0897. The van der Waals surface area contributed by atoms with E-state index < -0.39 is 0 Å². The van der Waals surface area contributed by atoms with Gasteiger partial charge in [-0.3, -0.25) is 10.2 Å². The maximum absolute atomic E-state index is 11.3. The summed E-state index contributed by atoms with van der Waals surface area (Å²) in [4.78, 5) is 11.3. The highest BCUT2D eigenvalue weighted by molar-refractivity contribution is 5.93. The second-order valence-electron chi connectivity index (χ2n) is 2.79. The van der Waals surface area contributed by atoms with Crippen molar-refractivity contribution in [2.75, 3.05) is 13.1 Å². The van der Waals surface area contributed by atoms with Gasteiger partial charge in [-0.1, -0.05) is 18.2 Å². The van der Waals surface area contributed by atoms with Crippen LogP contribution < -0.4 is 5.43 Å². The van der Waals surface area contributed by atoms with Crippen LogP contribution in [0.4, 0.5) is 0 Å². The zero-order valence-corrected chi connectivity index (χ0v) is 6.66. The van der Waals surface area contributed by atoms with E-state index >= 15 is 0 Å². The molecule has 1 aliphatic heterocycles. The van der Waals surface area contributed by atoms with E-state index in [0.29, 0.717) is 5.56 Å². The lowest BCUT2D eigenvalue weighted by atomic mass is 10.2. The van der Waals surface area contributed by atoms with Crippen molar-refractivity contribution < 1.29 is 4.79 Å². The average Bonchev–Trinajstić information content (AvgIpc) is 2.90. The Morgan fingerprint density at radius 3 is 2.50 bits per heavy atom. The molecule has 2 rings (SSSR count). The Bertz CT molecular complexity index is 280. The Morgan fingerprint density at radius 2 is 1.92 bits per heavy atom. The molecule has 3 nitrogen and oxygen atoms in total. The monoisotopic (exact) mass is 162 g/mol. The van der Waals surface area contributed by atoms with E-state index in [9.17, 15) is 4.79 Å². The van der Waals surface area contributed by atoms with Crippen LogP contribution in [0.2, 0.25) is 0 Å². The van der Waals surface area contributed by atoms with Crippen LogP contribution in [0.15, 0.2) is 30.3 Å². The molecule has 1 saturated heterocycles. The van der Waals surface area contributed by atoms with Crippen molar-refractivity contribution in [1.29, 1.82) is 0 Å². The molecule has 1 fully saturated rings. The van der Waals surface area contributed by atoms with Gasteiger partial charge in [0, 0.05) is 18.7 Å². The van der Waals surface area contributed by atoms with Gasteiger partial charge in [-0.05, 0) is 12.1 Å². The van der Waals surface area contributed by atoms with Crippen LogP contribution >= 0.6 is 0 Å². The summed E-state index contributed by atoms with van der Waals surface area (Å²) in [6.45, 7) is 1.94. The molecule has 0 saturated carbocycles. The first-order valence-corrected chi connectivity index (χ1v) is 3.97. The fraction of sp³-hybridized carbons (Fsp3) is 0.222. The molecule has 12 heavy (non-hydrogen) atoms. The van der Waals surface area contributed by atoms with Crippen LogP contribution in [-0.2, 0) is 0 Å². The fourth-order valence-corrected chi connectivity index (χ4v) is 0.959. The average molecular weight is 162 g/mol. The van der Waals surface area contributed by atoms with Crippen molar-refractivity contribution in [3.05, 3.63) is 35.9 Å². The molecule has 0 radical (unpaired) electrons. The van der Waals surface area contributed by atoms with Crippen LogP contribution in [0.25, 0.3) is 0 Å². The van der Waals surface area contributed by atoms with Crippen molar-refractivity contribution >= 4 is 5.91 Å². The number of rotatable bonds is 2. The van der Waals surface area contributed by atoms with Gasteiger partial charge in [0.2, 0.25) is 0 Å². The number of carbonyl (C=O) groups excluding carboxylic acids is 1. The standard InChI is InChI=1S/C9H10N2O/c12-9(10-11-6-7-11)8-4-2-1-3-5-8/h1-5H,6-7H2,(H,10,12). The summed E-state index contributed by atoms with van der Waals surface area (Å²) in [5.74, 6) is -0.0203. The van der Waals surface area contributed by atoms with Gasteiger partial charge in [0.1, 0.15) is 0 Å². The van der Waals surface area contributed by atoms with E-state index in [2.05, 4.69) is 5.43 Å². The van der Waals surface area contributed by atoms with Gasteiger partial charge in [-0.15, -0.1) is 0 Å². The molecule has 0 aromatic heterocycles. The maximum Gasteiger partial charge on any atom is 0.265 e. The van der Waals surface area contributed by atoms with Gasteiger partial charge in [-0.2, -0.15) is 0 Å². The number of carbonyl (C=O) groups is 1. The molecule has 1 aromatic carbocycles. The van der Waals surface area contributed by atoms with E-state index in [-0.39, 0.29) is 5.91 Å². The summed E-state index contributed by atoms with van der Waals surface area (Å²) < 4.78 is 0. The molecular weight excluding hydrogens is 152 g/mol. The molecule has 3 heteroatoms. The van der Waals surface area contributed by atoms with E-state index in [4.69, 9.17) is 0 Å². The highest BCUT2D eigenvalue weighted by atomic mass is 16.2. The molecule has 0 bridgehead atoms. The summed E-state index contributed by atoms with van der Waals surface area (Å²) in [6.07, 6.45) is 0. The number of hydrogen-bond acceptors (Lipinski definition) is 2. The van der Waals surface area contributed by atoms with Crippen LogP contribution in [0.1, 0.15) is 10.4 Å². The minimum Gasteiger partial charge on any atom is -0.285 e. The number of amides is 1. The third kappa shape index (κ3) is 1.62. The molecule has 62 valence electrons. The lowest BCUT2D eigenvalue weighted by Gasteiger charge is -2.03. The first-order chi connectivity index (χ1) is 5.86. The van der Waals surface area contributed by atoms with Crippen molar-refractivity contribution in [2.24, 2.45) is 0 Å². The Kier molecular flexibility index (Phi) is 1.80. The molecule has 0 atom stereocenters. The highest BCUT2D eigenvalue weighted by Gasteiger charge is 2.19. The van der Waals surface area contributed by atoms with Crippen LogP contribution in [0, 0.1) is 0 Å². The molecule has 1 N–H and O–H groups in total. The Morgan fingerprint density at radius 1 is 1.25 bits per heavy atom. The quantitative estimate of drug-likeness (QED) is 0.647. The number of hydrazine groups is 1. The number of hydrogen-bond donors (Lipinski definition) is 1. The fourth-order valence-electron chi connectivity index (χ4n) is 0.959. The first-order valence-electron chi connectivity index (χ1n) is 3.97. The number of nitrogens with zero attached hydrogens (tertiary/aromatic N) is 1. The van der Waals surface area contributed by atoms with Crippen molar-refractivity contribution in [1.82, 2.24) is 10.4 Å². The van der Waals surface area contributed by atoms with Crippen molar-refractivity contribution in [2.45, 2.75) is 0 Å². The second-order valence-corrected chi connectivity index (χ2v) is 2.79. The molecule has 0 spiro atoms. The van der Waals surface area contributed by atoms with Crippen molar-refractivity contribution in [3.8, 4) is 0 Å². The van der Waals surface area contributed by atoms with Gasteiger partial charge < -0.3 is 0 Å². The van der Waals surface area contributed by atoms with Crippen LogP contribution in [0.5, 0.6) is 0 Å². The Labute approximate surface area is 71.0 Å². The minimum absolute atomic E-state index is 0.0203. The minimum atomic E-state index is -0.0203. The van der Waals surface area contributed by atoms with E-state index in [1.807, 2.05) is 23.2 Å². The maximum atomic E-state index is 11.3. The summed E-state index contributed by atoms with van der Waals surface area (Å²) >= 11 is 0. The zero-order valence-electron chi connectivity index (χ0n) is 6.66. The zero-order chi connectivity index (χ0) is 8.39. The van der Waals surface area contributed by atoms with Crippen LogP contribution in [-0.4, -0.2) is 24.0 Å². The molecule has 1 heterocycles. The molecular formula is C9H10N2O. The van der Waals surface area contributed by atoms with Gasteiger partial charge in [0.25, 0.3) is 5.91 Å². The van der Waals surface area contributed by atoms with Gasteiger partial charge in [0.05, 0.1) is 0 Å². The van der Waals surface area contributed by atoms with Gasteiger partial charge in [-0.25, -0.2) is 5.01 Å². The lowest BCUT2D eigenvalue weighted by Crippen LogP contribution is -2.28. The second kappa shape index (κ2) is 2.95. The number of benzene rings is 1. The SMILES string of the molecule is O=C(NN1CC1)c1ccccc1. The predicted octanol–water partition coefficient (Wildman–Crippen LogP) is 0.647. The molecule has 1 amide bonds. The highest BCUT2D eigenvalue weighted by Crippen LogP contribution is 2.02. The summed E-state index contributed by atoms with van der Waals surface area (Å²) in [5, 5.41) is 1.87.